The second-order valence-electron chi connectivity index (χ2n) is 3.06. The minimum Gasteiger partial charge on any atom is -0.468 e. The summed E-state index contributed by atoms with van der Waals surface area (Å²) in [5, 5.41) is 2.87. The maximum atomic E-state index is 11.7. The van der Waals surface area contributed by atoms with E-state index in [0.717, 1.165) is 0 Å². The number of hydrogen-bond acceptors (Lipinski definition) is 4. The van der Waals surface area contributed by atoms with Crippen molar-refractivity contribution in [3.63, 3.8) is 0 Å². The van der Waals surface area contributed by atoms with Crippen LogP contribution in [-0.4, -0.2) is 34.4 Å². The van der Waals surface area contributed by atoms with Crippen molar-refractivity contribution < 1.29 is 14.3 Å². The van der Waals surface area contributed by atoms with E-state index in [0.29, 0.717) is 5.56 Å². The van der Waals surface area contributed by atoms with Gasteiger partial charge in [-0.2, -0.15) is 0 Å². The lowest BCUT2D eigenvalue weighted by molar-refractivity contribution is -0.139. The van der Waals surface area contributed by atoms with Gasteiger partial charge in [0, 0.05) is 18.9 Å². The number of nitrogens with one attached hydrogen (secondary N) is 1. The number of aromatic nitrogens is 1. The molecule has 0 aliphatic rings. The first kappa shape index (κ1) is 14.2. The minimum atomic E-state index is -0.429. The Morgan fingerprint density at radius 3 is 2.94 bits per heavy atom. The fourth-order valence-corrected chi connectivity index (χ4v) is 1.73. The van der Waals surface area contributed by atoms with E-state index in [2.05, 4.69) is 15.0 Å². The molecule has 1 rings (SSSR count). The van der Waals surface area contributed by atoms with Crippen molar-refractivity contribution in [2.45, 2.75) is 3.92 Å². The van der Waals surface area contributed by atoms with Gasteiger partial charge in [-0.25, -0.2) is 0 Å². The van der Waals surface area contributed by atoms with E-state index in [-0.39, 0.29) is 23.4 Å². The molecule has 1 unspecified atom stereocenters. The average molecular weight is 369 g/mol. The molecule has 1 aromatic heterocycles. The molecule has 1 amide bonds. The summed E-state index contributed by atoms with van der Waals surface area (Å²) in [7, 11) is 1.30. The van der Waals surface area contributed by atoms with Gasteiger partial charge in [-0.15, -0.1) is 0 Å². The zero-order chi connectivity index (χ0) is 12.8. The predicted octanol–water partition coefficient (Wildman–Crippen LogP) is 1.44. The van der Waals surface area contributed by atoms with E-state index in [4.69, 9.17) is 11.6 Å². The number of hydrogen-bond donors (Lipinski definition) is 1. The van der Waals surface area contributed by atoms with Crippen LogP contribution in [0.15, 0.2) is 18.5 Å². The highest BCUT2D eigenvalue weighted by molar-refractivity contribution is 14.1. The summed E-state index contributed by atoms with van der Waals surface area (Å²) in [6, 6.07) is 1.51. The van der Waals surface area contributed by atoms with Crippen LogP contribution < -0.4 is 5.32 Å². The second kappa shape index (κ2) is 6.75. The lowest BCUT2D eigenvalue weighted by Gasteiger charge is -2.09. The van der Waals surface area contributed by atoms with Crippen LogP contribution in [-0.2, 0) is 9.53 Å². The van der Waals surface area contributed by atoms with E-state index >= 15 is 0 Å². The number of nitrogens with zero attached hydrogens (tertiary/aromatic N) is 1. The molecule has 0 radical (unpaired) electrons. The van der Waals surface area contributed by atoms with Crippen LogP contribution in [0.1, 0.15) is 10.4 Å². The van der Waals surface area contributed by atoms with Crippen molar-refractivity contribution in [3.05, 3.63) is 29.0 Å². The fraction of sp³-hybridized carbons (Fsp3) is 0.300. The standard InChI is InChI=1S/C10H10ClIN2O3/c1-17-10(16)8(12)5-14-9(15)6-2-3-13-4-7(6)11/h2-4,8H,5H2,1H3,(H,14,15). The minimum absolute atomic E-state index is 0.185. The van der Waals surface area contributed by atoms with E-state index in [1.807, 2.05) is 22.6 Å². The van der Waals surface area contributed by atoms with Gasteiger partial charge in [0.1, 0.15) is 3.92 Å². The molecule has 0 bridgehead atoms. The molecule has 92 valence electrons. The van der Waals surface area contributed by atoms with Crippen molar-refractivity contribution in [2.24, 2.45) is 0 Å². The van der Waals surface area contributed by atoms with Crippen molar-refractivity contribution >= 4 is 46.1 Å². The van der Waals surface area contributed by atoms with Crippen molar-refractivity contribution in [3.8, 4) is 0 Å². The van der Waals surface area contributed by atoms with Crippen LogP contribution in [0.5, 0.6) is 0 Å². The molecule has 0 spiro atoms. The van der Waals surface area contributed by atoms with Crippen molar-refractivity contribution in [2.75, 3.05) is 13.7 Å². The topological polar surface area (TPSA) is 68.3 Å². The molecule has 0 saturated heterocycles. The zero-order valence-electron chi connectivity index (χ0n) is 8.94. The molecule has 0 fully saturated rings. The average Bonchev–Trinajstić information content (AvgIpc) is 2.35. The van der Waals surface area contributed by atoms with Crippen LogP contribution in [0.2, 0.25) is 5.02 Å². The number of esters is 1. The van der Waals surface area contributed by atoms with E-state index in [1.165, 1.54) is 25.6 Å². The second-order valence-corrected chi connectivity index (χ2v) is 4.97. The highest BCUT2D eigenvalue weighted by Gasteiger charge is 2.17. The monoisotopic (exact) mass is 368 g/mol. The third-order valence-electron chi connectivity index (χ3n) is 1.92. The molecule has 0 aliphatic carbocycles. The quantitative estimate of drug-likeness (QED) is 0.496. The maximum Gasteiger partial charge on any atom is 0.320 e. The van der Waals surface area contributed by atoms with Gasteiger partial charge in [-0.05, 0) is 6.07 Å². The first-order valence-corrected chi connectivity index (χ1v) is 6.28. The number of carbonyl (C=O) groups is 2. The Morgan fingerprint density at radius 1 is 1.65 bits per heavy atom. The van der Waals surface area contributed by atoms with Gasteiger partial charge < -0.3 is 10.1 Å². The summed E-state index contributed by atoms with van der Waals surface area (Å²) < 4.78 is 4.11. The Balaban J connectivity index is 2.57. The summed E-state index contributed by atoms with van der Waals surface area (Å²) in [4.78, 5) is 26.6. The van der Waals surface area contributed by atoms with Crippen LogP contribution in [0.4, 0.5) is 0 Å². The predicted molar refractivity (Wildman–Crippen MR) is 71.4 cm³/mol. The van der Waals surface area contributed by atoms with Gasteiger partial charge in [-0.1, -0.05) is 34.2 Å². The number of methoxy groups -OCH3 is 1. The summed E-state index contributed by atoms with van der Waals surface area (Å²) in [5.74, 6) is -0.727. The van der Waals surface area contributed by atoms with Gasteiger partial charge in [0.05, 0.1) is 17.7 Å². The Morgan fingerprint density at radius 2 is 2.35 bits per heavy atom. The Kier molecular flexibility index (Phi) is 5.63. The van der Waals surface area contributed by atoms with E-state index in [9.17, 15) is 9.59 Å². The van der Waals surface area contributed by atoms with Crippen LogP contribution in [0.3, 0.4) is 0 Å². The number of ether oxygens (including phenoxy) is 1. The van der Waals surface area contributed by atoms with E-state index in [1.54, 1.807) is 0 Å². The Bertz CT molecular complexity index is 428. The molecule has 7 heteroatoms. The highest BCUT2D eigenvalue weighted by atomic mass is 127. The fourth-order valence-electron chi connectivity index (χ4n) is 1.05. The third-order valence-corrected chi connectivity index (χ3v) is 3.17. The summed E-state index contributed by atoms with van der Waals surface area (Å²) in [5.41, 5.74) is 0.329. The number of carbonyl (C=O) groups excluding carboxylic acids is 2. The number of alkyl halides is 1. The first-order chi connectivity index (χ1) is 8.06. The van der Waals surface area contributed by atoms with E-state index < -0.39 is 3.92 Å². The smallest absolute Gasteiger partial charge is 0.320 e. The van der Waals surface area contributed by atoms with Crippen molar-refractivity contribution in [1.29, 1.82) is 0 Å². The molecular weight excluding hydrogens is 358 g/mol. The molecule has 5 nitrogen and oxygen atoms in total. The van der Waals surface area contributed by atoms with Crippen LogP contribution >= 0.6 is 34.2 Å². The van der Waals surface area contributed by atoms with Crippen LogP contribution in [0, 0.1) is 0 Å². The Labute approximate surface area is 117 Å². The number of amides is 1. The first-order valence-electron chi connectivity index (χ1n) is 4.66. The van der Waals surface area contributed by atoms with Crippen molar-refractivity contribution in [1.82, 2.24) is 10.3 Å². The zero-order valence-corrected chi connectivity index (χ0v) is 11.9. The third kappa shape index (κ3) is 4.12. The maximum absolute atomic E-state index is 11.7. The van der Waals surface area contributed by atoms with Gasteiger partial charge in [-0.3, -0.25) is 14.6 Å². The van der Waals surface area contributed by atoms with Crippen LogP contribution in [0.25, 0.3) is 0 Å². The molecular formula is C10H10ClIN2O3. The number of halogens is 2. The van der Waals surface area contributed by atoms with Gasteiger partial charge in [0.15, 0.2) is 0 Å². The lowest BCUT2D eigenvalue weighted by Crippen LogP contribution is -2.34. The molecule has 1 atom stereocenters. The number of pyridine rings is 1. The highest BCUT2D eigenvalue weighted by Crippen LogP contribution is 2.13. The SMILES string of the molecule is COC(=O)C(I)CNC(=O)c1ccncc1Cl. The lowest BCUT2D eigenvalue weighted by atomic mass is 10.2. The summed E-state index contributed by atoms with van der Waals surface area (Å²) in [6.45, 7) is 0.185. The largest absolute Gasteiger partial charge is 0.468 e. The van der Waals surface area contributed by atoms with Gasteiger partial charge in [0.2, 0.25) is 0 Å². The molecule has 1 N–H and O–H groups in total. The summed E-state index contributed by atoms with van der Waals surface area (Å²) >= 11 is 7.70. The Hall–Kier alpha value is -0.890. The molecule has 17 heavy (non-hydrogen) atoms. The molecule has 1 aromatic rings. The molecule has 1 heterocycles. The van der Waals surface area contributed by atoms with Gasteiger partial charge >= 0.3 is 5.97 Å². The summed E-state index contributed by atoms with van der Waals surface area (Å²) in [6.07, 6.45) is 2.86. The molecule has 0 aromatic carbocycles. The van der Waals surface area contributed by atoms with Gasteiger partial charge in [0.25, 0.3) is 5.91 Å². The normalized spacial score (nSPS) is 11.7. The number of rotatable bonds is 4. The molecule has 0 aliphatic heterocycles. The molecule has 0 saturated carbocycles.